The lowest BCUT2D eigenvalue weighted by Gasteiger charge is -2.02. The molecule has 27 heavy (non-hydrogen) atoms. The average Bonchev–Trinajstić information content (AvgIpc) is 3.33. The molecule has 0 N–H and O–H groups in total. The van der Waals surface area contributed by atoms with Crippen LogP contribution in [0, 0.1) is 12.7 Å². The molecule has 0 aliphatic carbocycles. The molecule has 6 nitrogen and oxygen atoms in total. The first-order valence-electron chi connectivity index (χ1n) is 8.25. The van der Waals surface area contributed by atoms with Crippen molar-refractivity contribution in [1.29, 1.82) is 0 Å². The summed E-state index contributed by atoms with van der Waals surface area (Å²) in [6.07, 6.45) is 0. The van der Waals surface area contributed by atoms with Gasteiger partial charge in [0.25, 0.3) is 5.22 Å². The molecule has 4 aromatic rings. The minimum atomic E-state index is -0.316. The lowest BCUT2D eigenvalue weighted by atomic mass is 10.1. The fraction of sp³-hybridized carbons (Fsp3) is 0.158. The van der Waals surface area contributed by atoms with Crippen molar-refractivity contribution in [3.05, 3.63) is 65.8 Å². The zero-order valence-corrected chi connectivity index (χ0v) is 15.4. The Morgan fingerprint density at radius 3 is 2.41 bits per heavy atom. The van der Waals surface area contributed by atoms with Gasteiger partial charge in [-0.25, -0.2) is 4.39 Å². The summed E-state index contributed by atoms with van der Waals surface area (Å²) in [5.41, 5.74) is 2.62. The molecule has 4 rings (SSSR count). The molecule has 0 bridgehead atoms. The van der Waals surface area contributed by atoms with E-state index >= 15 is 0 Å². The van der Waals surface area contributed by atoms with Gasteiger partial charge in [0.15, 0.2) is 0 Å². The normalized spacial score (nSPS) is 12.3. The van der Waals surface area contributed by atoms with E-state index in [9.17, 15) is 4.39 Å². The Bertz CT molecular complexity index is 1060. The van der Waals surface area contributed by atoms with Gasteiger partial charge in [0.1, 0.15) is 5.82 Å². The molecule has 2 heterocycles. The van der Waals surface area contributed by atoms with Gasteiger partial charge in [-0.1, -0.05) is 30.0 Å². The van der Waals surface area contributed by atoms with E-state index in [2.05, 4.69) is 20.4 Å². The molecule has 0 aliphatic rings. The maximum atomic E-state index is 13.0. The molecule has 136 valence electrons. The van der Waals surface area contributed by atoms with Crippen LogP contribution in [0.3, 0.4) is 0 Å². The summed E-state index contributed by atoms with van der Waals surface area (Å²) in [4.78, 5) is 0. The average molecular weight is 382 g/mol. The first kappa shape index (κ1) is 17.4. The Morgan fingerprint density at radius 2 is 1.63 bits per heavy atom. The molecular formula is C19H15FN4O2S. The fourth-order valence-electron chi connectivity index (χ4n) is 2.49. The highest BCUT2D eigenvalue weighted by Crippen LogP contribution is 2.35. The first-order chi connectivity index (χ1) is 13.1. The van der Waals surface area contributed by atoms with E-state index in [0.29, 0.717) is 28.5 Å². The van der Waals surface area contributed by atoms with Gasteiger partial charge in [0, 0.05) is 11.1 Å². The molecule has 0 saturated carbocycles. The monoisotopic (exact) mass is 382 g/mol. The van der Waals surface area contributed by atoms with Crippen molar-refractivity contribution in [2.45, 2.75) is 24.3 Å². The third-order valence-corrected chi connectivity index (χ3v) is 4.86. The Morgan fingerprint density at radius 1 is 0.889 bits per heavy atom. The molecule has 0 fully saturated rings. The van der Waals surface area contributed by atoms with Crippen LogP contribution in [0.25, 0.3) is 22.9 Å². The Labute approximate surface area is 158 Å². The van der Waals surface area contributed by atoms with E-state index in [1.807, 2.05) is 38.1 Å². The predicted octanol–water partition coefficient (Wildman–Crippen LogP) is 5.09. The van der Waals surface area contributed by atoms with Gasteiger partial charge in [-0.05, 0) is 49.7 Å². The maximum absolute atomic E-state index is 13.0. The Hall–Kier alpha value is -3.00. The third-order valence-electron chi connectivity index (χ3n) is 3.94. The quantitative estimate of drug-likeness (QED) is 0.445. The molecular weight excluding hydrogens is 367 g/mol. The van der Waals surface area contributed by atoms with Crippen molar-refractivity contribution in [3.8, 4) is 22.9 Å². The number of nitrogens with zero attached hydrogens (tertiary/aromatic N) is 4. The summed E-state index contributed by atoms with van der Waals surface area (Å²) in [5, 5.41) is 16.5. The van der Waals surface area contributed by atoms with Crippen LogP contribution in [0.1, 0.15) is 23.6 Å². The standard InChI is InChI=1S/C19H15FN4O2S/c1-11-5-3-4-6-15(11)18-23-24-19(26-18)27-12(2)16-21-22-17(25-16)13-7-9-14(20)10-8-13/h3-10,12H,1-2H3/t12-/m0/s1. The summed E-state index contributed by atoms with van der Waals surface area (Å²) >= 11 is 1.33. The Kier molecular flexibility index (Phi) is 4.72. The number of rotatable bonds is 5. The van der Waals surface area contributed by atoms with E-state index in [4.69, 9.17) is 8.83 Å². The lowest BCUT2D eigenvalue weighted by molar-refractivity contribution is 0.461. The minimum Gasteiger partial charge on any atom is -0.419 e. The van der Waals surface area contributed by atoms with Crippen molar-refractivity contribution >= 4 is 11.8 Å². The number of halogens is 1. The van der Waals surface area contributed by atoms with Crippen LogP contribution in [0.4, 0.5) is 4.39 Å². The highest BCUT2D eigenvalue weighted by atomic mass is 32.2. The van der Waals surface area contributed by atoms with Crippen LogP contribution < -0.4 is 0 Å². The van der Waals surface area contributed by atoms with Crippen molar-refractivity contribution in [2.24, 2.45) is 0 Å². The van der Waals surface area contributed by atoms with E-state index in [0.717, 1.165) is 11.1 Å². The topological polar surface area (TPSA) is 77.8 Å². The molecule has 1 atom stereocenters. The van der Waals surface area contributed by atoms with Crippen LogP contribution in [0.15, 0.2) is 62.6 Å². The number of aryl methyl sites for hydroxylation is 1. The van der Waals surface area contributed by atoms with E-state index in [-0.39, 0.29) is 11.1 Å². The second-order valence-corrected chi connectivity index (χ2v) is 7.19. The van der Waals surface area contributed by atoms with Crippen LogP contribution in [0.2, 0.25) is 0 Å². The number of benzene rings is 2. The van der Waals surface area contributed by atoms with Gasteiger partial charge < -0.3 is 8.83 Å². The van der Waals surface area contributed by atoms with Gasteiger partial charge in [0.2, 0.25) is 17.7 Å². The second-order valence-electron chi connectivity index (χ2n) is 5.90. The molecule has 0 aliphatic heterocycles. The smallest absolute Gasteiger partial charge is 0.277 e. The zero-order chi connectivity index (χ0) is 18.8. The van der Waals surface area contributed by atoms with Crippen LogP contribution in [-0.4, -0.2) is 20.4 Å². The highest BCUT2D eigenvalue weighted by molar-refractivity contribution is 7.99. The number of aromatic nitrogens is 4. The van der Waals surface area contributed by atoms with Crippen molar-refractivity contribution < 1.29 is 13.2 Å². The van der Waals surface area contributed by atoms with Crippen LogP contribution >= 0.6 is 11.8 Å². The predicted molar refractivity (Wildman–Crippen MR) is 98.4 cm³/mol. The van der Waals surface area contributed by atoms with Gasteiger partial charge >= 0.3 is 0 Å². The first-order valence-corrected chi connectivity index (χ1v) is 9.13. The molecule has 0 unspecified atom stereocenters. The summed E-state index contributed by atoms with van der Waals surface area (Å²) in [6, 6.07) is 13.7. The number of hydrogen-bond donors (Lipinski definition) is 0. The third kappa shape index (κ3) is 3.75. The van der Waals surface area contributed by atoms with Gasteiger partial charge in [-0.15, -0.1) is 20.4 Å². The van der Waals surface area contributed by atoms with Gasteiger partial charge in [0.05, 0.1) is 5.25 Å². The summed E-state index contributed by atoms with van der Waals surface area (Å²) in [5.74, 6) is 0.919. The van der Waals surface area contributed by atoms with Gasteiger partial charge in [-0.3, -0.25) is 0 Å². The van der Waals surface area contributed by atoms with E-state index in [1.165, 1.54) is 23.9 Å². The fourth-order valence-corrected chi connectivity index (χ4v) is 3.20. The largest absolute Gasteiger partial charge is 0.419 e. The van der Waals surface area contributed by atoms with Crippen molar-refractivity contribution in [3.63, 3.8) is 0 Å². The SMILES string of the molecule is Cc1ccccc1-c1nnc(S[C@@H](C)c2nnc(-c3ccc(F)cc3)o2)o1. The van der Waals surface area contributed by atoms with Crippen LogP contribution in [0.5, 0.6) is 0 Å². The van der Waals surface area contributed by atoms with Crippen molar-refractivity contribution in [2.75, 3.05) is 0 Å². The molecule has 0 spiro atoms. The molecule has 0 amide bonds. The summed E-state index contributed by atoms with van der Waals surface area (Å²) in [6.45, 7) is 3.90. The number of thioether (sulfide) groups is 1. The molecule has 0 saturated heterocycles. The lowest BCUT2D eigenvalue weighted by Crippen LogP contribution is -1.88. The zero-order valence-electron chi connectivity index (χ0n) is 14.6. The molecule has 2 aromatic carbocycles. The van der Waals surface area contributed by atoms with Crippen molar-refractivity contribution in [1.82, 2.24) is 20.4 Å². The molecule has 2 aromatic heterocycles. The maximum Gasteiger partial charge on any atom is 0.277 e. The van der Waals surface area contributed by atoms with E-state index < -0.39 is 0 Å². The number of hydrogen-bond acceptors (Lipinski definition) is 7. The van der Waals surface area contributed by atoms with Gasteiger partial charge in [-0.2, -0.15) is 0 Å². The Balaban J connectivity index is 1.49. The highest BCUT2D eigenvalue weighted by Gasteiger charge is 2.20. The van der Waals surface area contributed by atoms with Crippen LogP contribution in [-0.2, 0) is 0 Å². The summed E-state index contributed by atoms with van der Waals surface area (Å²) in [7, 11) is 0. The molecule has 0 radical (unpaired) electrons. The minimum absolute atomic E-state index is 0.183. The second kappa shape index (κ2) is 7.32. The van der Waals surface area contributed by atoms with E-state index in [1.54, 1.807) is 12.1 Å². The molecule has 8 heteroatoms. The summed E-state index contributed by atoms with van der Waals surface area (Å²) < 4.78 is 24.5.